The van der Waals surface area contributed by atoms with Gasteiger partial charge in [0.05, 0.1) is 17.9 Å². The molecule has 1 amide bonds. The third-order valence-corrected chi connectivity index (χ3v) is 5.91. The molecule has 5 heteroatoms. The lowest BCUT2D eigenvalue weighted by molar-refractivity contribution is -0.00734. The third kappa shape index (κ3) is 2.40. The van der Waals surface area contributed by atoms with E-state index in [0.29, 0.717) is 0 Å². The fourth-order valence-electron chi connectivity index (χ4n) is 4.30. The van der Waals surface area contributed by atoms with E-state index in [1.807, 2.05) is 16.5 Å². The summed E-state index contributed by atoms with van der Waals surface area (Å²) in [5, 5.41) is 4.67. The Labute approximate surface area is 138 Å². The van der Waals surface area contributed by atoms with Crippen molar-refractivity contribution < 1.29 is 9.53 Å². The number of ether oxygens (including phenoxy) is 1. The SMILES string of the molecule is CCn1nc2c(c1C(=O)N1CC(C3CCC3)C1)C[C@H](C)O[C@@H]2C. The van der Waals surface area contributed by atoms with Crippen molar-refractivity contribution in [3.8, 4) is 0 Å². The van der Waals surface area contributed by atoms with E-state index >= 15 is 0 Å². The minimum Gasteiger partial charge on any atom is -0.369 e. The van der Waals surface area contributed by atoms with Gasteiger partial charge in [-0.3, -0.25) is 9.48 Å². The Hall–Kier alpha value is -1.36. The van der Waals surface area contributed by atoms with E-state index in [0.717, 1.165) is 54.8 Å². The Bertz CT molecular complexity index is 614. The maximum Gasteiger partial charge on any atom is 0.272 e. The minimum atomic E-state index is -0.0211. The van der Waals surface area contributed by atoms with Crippen LogP contribution >= 0.6 is 0 Å². The Morgan fingerprint density at radius 3 is 2.61 bits per heavy atom. The summed E-state index contributed by atoms with van der Waals surface area (Å²) in [5.41, 5.74) is 2.90. The summed E-state index contributed by atoms with van der Waals surface area (Å²) >= 11 is 0. The summed E-state index contributed by atoms with van der Waals surface area (Å²) in [6.07, 6.45) is 5.02. The fourth-order valence-corrected chi connectivity index (χ4v) is 4.30. The number of carbonyl (C=O) groups is 1. The number of fused-ring (bicyclic) bond motifs is 1. The molecule has 0 N–H and O–H groups in total. The summed E-state index contributed by atoms with van der Waals surface area (Å²) in [6, 6.07) is 0. The molecule has 2 atom stereocenters. The Kier molecular flexibility index (Phi) is 3.71. The molecule has 2 aliphatic heterocycles. The second-order valence-corrected chi connectivity index (χ2v) is 7.48. The van der Waals surface area contributed by atoms with Crippen LogP contribution in [0.2, 0.25) is 0 Å². The van der Waals surface area contributed by atoms with Crippen molar-refractivity contribution in [1.82, 2.24) is 14.7 Å². The van der Waals surface area contributed by atoms with Gasteiger partial charge in [0.15, 0.2) is 0 Å². The number of likely N-dealkylation sites (tertiary alicyclic amines) is 1. The normalized spacial score (nSPS) is 28.2. The van der Waals surface area contributed by atoms with Gasteiger partial charge in [-0.1, -0.05) is 19.3 Å². The molecule has 0 bridgehead atoms. The van der Waals surface area contributed by atoms with Crippen molar-refractivity contribution in [3.05, 3.63) is 17.0 Å². The highest BCUT2D eigenvalue weighted by atomic mass is 16.5. The molecule has 1 saturated carbocycles. The van der Waals surface area contributed by atoms with Crippen molar-refractivity contribution in [3.63, 3.8) is 0 Å². The Balaban J connectivity index is 1.57. The number of nitrogens with zero attached hydrogens (tertiary/aromatic N) is 3. The fraction of sp³-hybridized carbons (Fsp3) is 0.778. The number of rotatable bonds is 3. The summed E-state index contributed by atoms with van der Waals surface area (Å²) in [7, 11) is 0. The molecule has 1 saturated heterocycles. The van der Waals surface area contributed by atoms with Gasteiger partial charge in [0, 0.05) is 31.6 Å². The van der Waals surface area contributed by atoms with Crippen LogP contribution in [-0.2, 0) is 17.7 Å². The highest BCUT2D eigenvalue weighted by molar-refractivity contribution is 5.95. The highest BCUT2D eigenvalue weighted by Crippen LogP contribution is 2.39. The van der Waals surface area contributed by atoms with Gasteiger partial charge in [-0.2, -0.15) is 5.10 Å². The Morgan fingerprint density at radius 2 is 2.00 bits per heavy atom. The van der Waals surface area contributed by atoms with Crippen LogP contribution in [0.4, 0.5) is 0 Å². The standard InChI is InChI=1S/C18H27N3O2/c1-4-21-17(15-8-11(2)23-12(3)16(15)19-21)18(22)20-9-14(10-20)13-6-5-7-13/h11-14H,4-10H2,1-3H3/t11-,12+/m0/s1. The van der Waals surface area contributed by atoms with Gasteiger partial charge in [0.2, 0.25) is 0 Å². The van der Waals surface area contributed by atoms with Gasteiger partial charge in [-0.05, 0) is 32.6 Å². The van der Waals surface area contributed by atoms with Gasteiger partial charge in [0.25, 0.3) is 5.91 Å². The largest absolute Gasteiger partial charge is 0.369 e. The van der Waals surface area contributed by atoms with E-state index < -0.39 is 0 Å². The zero-order valence-corrected chi connectivity index (χ0v) is 14.4. The van der Waals surface area contributed by atoms with Crippen LogP contribution in [0.1, 0.15) is 67.9 Å². The first-order valence-corrected chi connectivity index (χ1v) is 9.12. The molecule has 1 aromatic rings. The quantitative estimate of drug-likeness (QED) is 0.861. The second kappa shape index (κ2) is 5.62. The average Bonchev–Trinajstić information content (AvgIpc) is 2.78. The van der Waals surface area contributed by atoms with Crippen LogP contribution in [0.3, 0.4) is 0 Å². The van der Waals surface area contributed by atoms with E-state index in [9.17, 15) is 4.79 Å². The highest BCUT2D eigenvalue weighted by Gasteiger charge is 2.41. The molecule has 23 heavy (non-hydrogen) atoms. The first-order valence-electron chi connectivity index (χ1n) is 9.12. The predicted octanol–water partition coefficient (Wildman–Crippen LogP) is 2.80. The molecule has 4 rings (SSSR count). The van der Waals surface area contributed by atoms with Gasteiger partial charge in [-0.15, -0.1) is 0 Å². The van der Waals surface area contributed by atoms with Crippen LogP contribution in [0, 0.1) is 11.8 Å². The Morgan fingerprint density at radius 1 is 1.26 bits per heavy atom. The van der Waals surface area contributed by atoms with Crippen LogP contribution in [0.25, 0.3) is 0 Å². The van der Waals surface area contributed by atoms with E-state index in [2.05, 4.69) is 18.9 Å². The molecule has 1 aromatic heterocycles. The van der Waals surface area contributed by atoms with Gasteiger partial charge in [0.1, 0.15) is 5.69 Å². The predicted molar refractivity (Wildman–Crippen MR) is 87.3 cm³/mol. The lowest BCUT2D eigenvalue weighted by Gasteiger charge is -2.46. The molecule has 0 aromatic carbocycles. The maximum absolute atomic E-state index is 13.1. The molecular formula is C18H27N3O2. The van der Waals surface area contributed by atoms with E-state index in [1.54, 1.807) is 0 Å². The lowest BCUT2D eigenvalue weighted by Crippen LogP contribution is -2.54. The minimum absolute atomic E-state index is 0.0211. The summed E-state index contributed by atoms with van der Waals surface area (Å²) in [5.74, 6) is 1.79. The first-order chi connectivity index (χ1) is 11.1. The zero-order valence-electron chi connectivity index (χ0n) is 14.4. The van der Waals surface area contributed by atoms with E-state index in [-0.39, 0.29) is 18.1 Å². The number of hydrogen-bond acceptors (Lipinski definition) is 3. The summed E-state index contributed by atoms with van der Waals surface area (Å²) in [6.45, 7) is 8.77. The summed E-state index contributed by atoms with van der Waals surface area (Å²) < 4.78 is 7.77. The molecule has 0 radical (unpaired) electrons. The van der Waals surface area contributed by atoms with Crippen molar-refractivity contribution in [2.45, 2.75) is 65.2 Å². The molecule has 0 spiro atoms. The molecule has 5 nitrogen and oxygen atoms in total. The van der Waals surface area contributed by atoms with Crippen LogP contribution in [-0.4, -0.2) is 39.8 Å². The van der Waals surface area contributed by atoms with Gasteiger partial charge in [-0.25, -0.2) is 0 Å². The molecule has 1 aliphatic carbocycles. The molecule has 3 heterocycles. The lowest BCUT2D eigenvalue weighted by atomic mass is 9.72. The van der Waals surface area contributed by atoms with Crippen molar-refractivity contribution >= 4 is 5.91 Å². The number of carbonyl (C=O) groups excluding carboxylic acids is 1. The van der Waals surface area contributed by atoms with Gasteiger partial charge < -0.3 is 9.64 Å². The maximum atomic E-state index is 13.1. The molecule has 2 fully saturated rings. The van der Waals surface area contributed by atoms with Crippen molar-refractivity contribution in [1.29, 1.82) is 0 Å². The topological polar surface area (TPSA) is 47.4 Å². The van der Waals surface area contributed by atoms with Gasteiger partial charge >= 0.3 is 0 Å². The van der Waals surface area contributed by atoms with Crippen LogP contribution < -0.4 is 0 Å². The molecule has 3 aliphatic rings. The average molecular weight is 317 g/mol. The van der Waals surface area contributed by atoms with Crippen molar-refractivity contribution in [2.24, 2.45) is 11.8 Å². The van der Waals surface area contributed by atoms with Crippen LogP contribution in [0.5, 0.6) is 0 Å². The second-order valence-electron chi connectivity index (χ2n) is 7.48. The van der Waals surface area contributed by atoms with Crippen LogP contribution in [0.15, 0.2) is 0 Å². The number of amides is 1. The third-order valence-electron chi connectivity index (χ3n) is 5.91. The molecule has 126 valence electrons. The summed E-state index contributed by atoms with van der Waals surface area (Å²) in [4.78, 5) is 15.1. The van der Waals surface area contributed by atoms with Crippen molar-refractivity contribution in [2.75, 3.05) is 13.1 Å². The zero-order chi connectivity index (χ0) is 16.1. The van der Waals surface area contributed by atoms with E-state index in [4.69, 9.17) is 4.74 Å². The first kappa shape index (κ1) is 15.2. The monoisotopic (exact) mass is 317 g/mol. The smallest absolute Gasteiger partial charge is 0.272 e. The molecular weight excluding hydrogens is 290 g/mol. The molecule has 0 unspecified atom stereocenters. The number of aryl methyl sites for hydroxylation is 1. The number of hydrogen-bond donors (Lipinski definition) is 0. The van der Waals surface area contributed by atoms with E-state index in [1.165, 1.54) is 19.3 Å². The number of aromatic nitrogens is 2.